The van der Waals surface area contributed by atoms with E-state index < -0.39 is 16.1 Å². The molecule has 0 bridgehead atoms. The molecule has 3 aromatic rings. The SMILES string of the molecule is CCOc1cncc(-c2cnc(C(=O)N[C@@H](CN3CCCC3)c3cc(NS(=O)(=O)C4CC4)ccn3)s2)n1. The molecule has 2 N–H and O–H groups in total. The Kier molecular flexibility index (Phi) is 7.63. The summed E-state index contributed by atoms with van der Waals surface area (Å²) in [5.41, 5.74) is 1.61. The van der Waals surface area contributed by atoms with Gasteiger partial charge in [0.2, 0.25) is 15.9 Å². The summed E-state index contributed by atoms with van der Waals surface area (Å²) in [6, 6.07) is 2.88. The first-order valence-corrected chi connectivity index (χ1v) is 14.7. The molecule has 0 radical (unpaired) electrons. The third-order valence-corrected chi connectivity index (χ3v) is 9.05. The maximum Gasteiger partial charge on any atom is 0.280 e. The van der Waals surface area contributed by atoms with Gasteiger partial charge in [0, 0.05) is 18.9 Å². The third-order valence-electron chi connectivity index (χ3n) is 6.16. The van der Waals surface area contributed by atoms with Crippen molar-refractivity contribution in [3.05, 3.63) is 47.6 Å². The molecule has 1 aliphatic carbocycles. The first-order valence-electron chi connectivity index (χ1n) is 12.3. The average molecular weight is 544 g/mol. The molecular formula is C24H29N7O4S2. The molecule has 1 atom stereocenters. The van der Waals surface area contributed by atoms with Crippen LogP contribution in [0.5, 0.6) is 5.88 Å². The second kappa shape index (κ2) is 11.1. The lowest BCUT2D eigenvalue weighted by atomic mass is 10.1. The highest BCUT2D eigenvalue weighted by molar-refractivity contribution is 7.93. The van der Waals surface area contributed by atoms with E-state index in [0.717, 1.165) is 25.9 Å². The predicted octanol–water partition coefficient (Wildman–Crippen LogP) is 2.86. The van der Waals surface area contributed by atoms with E-state index >= 15 is 0 Å². The van der Waals surface area contributed by atoms with E-state index in [1.807, 2.05) is 6.92 Å². The van der Waals surface area contributed by atoms with Gasteiger partial charge in [0.05, 0.1) is 46.6 Å². The van der Waals surface area contributed by atoms with E-state index in [1.54, 1.807) is 30.7 Å². The molecule has 0 unspecified atom stereocenters. The highest BCUT2D eigenvalue weighted by atomic mass is 32.2. The largest absolute Gasteiger partial charge is 0.477 e. The molecule has 13 heteroatoms. The van der Waals surface area contributed by atoms with Gasteiger partial charge < -0.3 is 15.0 Å². The number of sulfonamides is 1. The molecule has 11 nitrogen and oxygen atoms in total. The number of thiazole rings is 1. The number of anilines is 1. The van der Waals surface area contributed by atoms with Gasteiger partial charge in [-0.3, -0.25) is 19.5 Å². The third kappa shape index (κ3) is 6.40. The molecule has 1 aliphatic heterocycles. The van der Waals surface area contributed by atoms with Crippen LogP contribution in [0.4, 0.5) is 5.69 Å². The highest BCUT2D eigenvalue weighted by Gasteiger charge is 2.36. The Morgan fingerprint density at radius 1 is 1.22 bits per heavy atom. The minimum Gasteiger partial charge on any atom is -0.477 e. The molecule has 2 fully saturated rings. The smallest absolute Gasteiger partial charge is 0.280 e. The topological polar surface area (TPSA) is 139 Å². The Balaban J connectivity index is 1.34. The van der Waals surface area contributed by atoms with Gasteiger partial charge in [0.1, 0.15) is 5.69 Å². The number of rotatable bonds is 11. The van der Waals surface area contributed by atoms with E-state index in [2.05, 4.69) is 34.9 Å². The molecule has 37 heavy (non-hydrogen) atoms. The van der Waals surface area contributed by atoms with Gasteiger partial charge in [0.25, 0.3) is 5.91 Å². The summed E-state index contributed by atoms with van der Waals surface area (Å²) >= 11 is 1.22. The standard InChI is InChI=1S/C24H29N7O4S2/c1-2-35-22-14-25-12-19(28-22)21-13-27-24(36-21)23(32)29-20(15-31-9-3-4-10-31)18-11-16(7-8-26-18)30-37(33,34)17-5-6-17/h7-8,11-14,17,20H,2-6,9-10,15H2,1H3,(H,26,30)(H,29,32)/t20-/m0/s1. The van der Waals surface area contributed by atoms with Crippen LogP contribution in [-0.4, -0.2) is 70.7 Å². The maximum atomic E-state index is 13.2. The minimum atomic E-state index is -3.41. The zero-order valence-corrected chi connectivity index (χ0v) is 22.1. The summed E-state index contributed by atoms with van der Waals surface area (Å²) in [7, 11) is -3.41. The van der Waals surface area contributed by atoms with Crippen LogP contribution in [0.2, 0.25) is 0 Å². The number of nitrogens with one attached hydrogen (secondary N) is 2. The predicted molar refractivity (Wildman–Crippen MR) is 140 cm³/mol. The molecule has 4 heterocycles. The van der Waals surface area contributed by atoms with Gasteiger partial charge in [0.15, 0.2) is 5.01 Å². The summed E-state index contributed by atoms with van der Waals surface area (Å²) in [6.45, 7) is 4.80. The average Bonchev–Trinajstić information content (AvgIpc) is 3.42. The van der Waals surface area contributed by atoms with Gasteiger partial charge in [-0.2, -0.15) is 0 Å². The zero-order chi connectivity index (χ0) is 25.8. The van der Waals surface area contributed by atoms with Gasteiger partial charge in [-0.15, -0.1) is 11.3 Å². The Hall–Kier alpha value is -3.16. The van der Waals surface area contributed by atoms with E-state index in [-0.39, 0.29) is 16.2 Å². The summed E-state index contributed by atoms with van der Waals surface area (Å²) in [5.74, 6) is 0.0773. The monoisotopic (exact) mass is 543 g/mol. The van der Waals surface area contributed by atoms with Crippen molar-refractivity contribution in [2.75, 3.05) is 31.0 Å². The number of carbonyl (C=O) groups is 1. The number of pyridine rings is 1. The van der Waals surface area contributed by atoms with Crippen LogP contribution in [0.25, 0.3) is 10.6 Å². The molecule has 5 rings (SSSR count). The Morgan fingerprint density at radius 3 is 2.78 bits per heavy atom. The van der Waals surface area contributed by atoms with Crippen molar-refractivity contribution >= 4 is 33.0 Å². The molecule has 1 saturated heterocycles. The van der Waals surface area contributed by atoms with E-state index in [9.17, 15) is 13.2 Å². The first kappa shape index (κ1) is 25.5. The molecule has 196 valence electrons. The van der Waals surface area contributed by atoms with Crippen LogP contribution in [-0.2, 0) is 10.0 Å². The lowest BCUT2D eigenvalue weighted by Gasteiger charge is -2.24. The Morgan fingerprint density at radius 2 is 2.03 bits per heavy atom. The van der Waals surface area contributed by atoms with Gasteiger partial charge in [-0.25, -0.2) is 18.4 Å². The Bertz CT molecular complexity index is 1350. The second-order valence-corrected chi connectivity index (χ2v) is 12.0. The molecule has 3 aromatic heterocycles. The quantitative estimate of drug-likeness (QED) is 0.374. The lowest BCUT2D eigenvalue weighted by Crippen LogP contribution is -2.37. The number of hydrogen-bond donors (Lipinski definition) is 2. The number of carbonyl (C=O) groups excluding carboxylic acids is 1. The zero-order valence-electron chi connectivity index (χ0n) is 20.5. The van der Waals surface area contributed by atoms with E-state index in [1.165, 1.54) is 17.5 Å². The fraction of sp³-hybridized carbons (Fsp3) is 0.458. The minimum absolute atomic E-state index is 0.288. The van der Waals surface area contributed by atoms with Crippen molar-refractivity contribution in [2.45, 2.75) is 43.9 Å². The summed E-state index contributed by atoms with van der Waals surface area (Å²) in [5, 5.41) is 3.02. The second-order valence-electron chi connectivity index (χ2n) is 9.05. The number of amides is 1. The molecule has 2 aliphatic rings. The van der Waals surface area contributed by atoms with Crippen molar-refractivity contribution in [1.82, 2.24) is 30.2 Å². The normalized spacial score (nSPS) is 16.9. The number of nitrogens with zero attached hydrogens (tertiary/aromatic N) is 5. The number of aromatic nitrogens is 4. The van der Waals surface area contributed by atoms with Crippen LogP contribution in [0.15, 0.2) is 36.9 Å². The fourth-order valence-corrected chi connectivity index (χ4v) is 6.32. The number of hydrogen-bond acceptors (Lipinski definition) is 10. The molecule has 0 spiro atoms. The van der Waals surface area contributed by atoms with E-state index in [0.29, 0.717) is 53.8 Å². The number of ether oxygens (including phenoxy) is 1. The van der Waals surface area contributed by atoms with Crippen molar-refractivity contribution in [3.63, 3.8) is 0 Å². The Labute approximate surface area is 219 Å². The van der Waals surface area contributed by atoms with Crippen LogP contribution in [0.3, 0.4) is 0 Å². The van der Waals surface area contributed by atoms with Gasteiger partial charge in [-0.1, -0.05) is 0 Å². The maximum absolute atomic E-state index is 13.2. The summed E-state index contributed by atoms with van der Waals surface area (Å²) in [4.78, 5) is 33.6. The van der Waals surface area contributed by atoms with Gasteiger partial charge >= 0.3 is 0 Å². The highest BCUT2D eigenvalue weighted by Crippen LogP contribution is 2.30. The molecule has 0 aromatic carbocycles. The summed E-state index contributed by atoms with van der Waals surface area (Å²) < 4.78 is 32.9. The molecule has 1 saturated carbocycles. The summed E-state index contributed by atoms with van der Waals surface area (Å²) in [6.07, 6.45) is 9.87. The fourth-order valence-electron chi connectivity index (χ4n) is 4.17. The van der Waals surface area contributed by atoms with Crippen molar-refractivity contribution < 1.29 is 17.9 Å². The van der Waals surface area contributed by atoms with Crippen LogP contribution in [0, 0.1) is 0 Å². The van der Waals surface area contributed by atoms with Gasteiger partial charge in [-0.05, 0) is 57.8 Å². The van der Waals surface area contributed by atoms with Crippen LogP contribution in [0.1, 0.15) is 54.1 Å². The lowest BCUT2D eigenvalue weighted by molar-refractivity contribution is 0.0925. The molecular weight excluding hydrogens is 514 g/mol. The van der Waals surface area contributed by atoms with Crippen LogP contribution >= 0.6 is 11.3 Å². The van der Waals surface area contributed by atoms with E-state index in [4.69, 9.17) is 4.74 Å². The van der Waals surface area contributed by atoms with Crippen molar-refractivity contribution in [1.29, 1.82) is 0 Å². The van der Waals surface area contributed by atoms with Crippen molar-refractivity contribution in [3.8, 4) is 16.5 Å². The number of likely N-dealkylation sites (tertiary alicyclic amines) is 1. The van der Waals surface area contributed by atoms with Crippen LogP contribution < -0.4 is 14.8 Å². The van der Waals surface area contributed by atoms with Crippen molar-refractivity contribution in [2.24, 2.45) is 0 Å². The molecule has 1 amide bonds. The first-order chi connectivity index (χ1) is 17.9.